The average molecular weight is 391 g/mol. The lowest BCUT2D eigenvalue weighted by molar-refractivity contribution is -0.128. The second kappa shape index (κ2) is 8.40. The van der Waals surface area contributed by atoms with Crippen LogP contribution in [0.5, 0.6) is 0 Å². The highest BCUT2D eigenvalue weighted by atomic mass is 16.2. The van der Waals surface area contributed by atoms with E-state index in [1.54, 1.807) is 0 Å². The molecule has 0 unspecified atom stereocenters. The van der Waals surface area contributed by atoms with Gasteiger partial charge in [0.05, 0.1) is 0 Å². The molecule has 1 saturated carbocycles. The molecule has 1 aliphatic heterocycles. The molecule has 4 nitrogen and oxygen atoms in total. The lowest BCUT2D eigenvalue weighted by Crippen LogP contribution is -2.32. The quantitative estimate of drug-likeness (QED) is 0.685. The van der Waals surface area contributed by atoms with Gasteiger partial charge in [0, 0.05) is 37.7 Å². The number of hydrogen-bond donors (Lipinski definition) is 0. The van der Waals surface area contributed by atoms with Crippen LogP contribution in [0.25, 0.3) is 0 Å². The SMILES string of the molecule is CC(C)c1ccc(CN(C(=O)c2cccc(CN3CCCC3=O)c2)C2CC2)cc1. The number of hydrogen-bond acceptors (Lipinski definition) is 2. The summed E-state index contributed by atoms with van der Waals surface area (Å²) in [6, 6.07) is 16.8. The molecule has 29 heavy (non-hydrogen) atoms. The first-order valence-electron chi connectivity index (χ1n) is 10.8. The van der Waals surface area contributed by atoms with Crippen LogP contribution in [0.4, 0.5) is 0 Å². The molecule has 1 aliphatic carbocycles. The molecule has 0 bridgehead atoms. The topological polar surface area (TPSA) is 40.6 Å². The van der Waals surface area contributed by atoms with E-state index in [0.29, 0.717) is 31.5 Å². The smallest absolute Gasteiger partial charge is 0.254 e. The van der Waals surface area contributed by atoms with Crippen LogP contribution in [0.3, 0.4) is 0 Å². The van der Waals surface area contributed by atoms with E-state index in [9.17, 15) is 9.59 Å². The molecule has 1 saturated heterocycles. The minimum Gasteiger partial charge on any atom is -0.338 e. The second-order valence-electron chi connectivity index (χ2n) is 8.68. The number of nitrogens with zero attached hydrogens (tertiary/aromatic N) is 2. The van der Waals surface area contributed by atoms with Crippen molar-refractivity contribution in [2.24, 2.45) is 0 Å². The molecule has 152 valence electrons. The minimum absolute atomic E-state index is 0.0926. The zero-order chi connectivity index (χ0) is 20.4. The highest BCUT2D eigenvalue weighted by molar-refractivity contribution is 5.94. The molecule has 2 aromatic carbocycles. The number of rotatable bonds is 7. The zero-order valence-electron chi connectivity index (χ0n) is 17.4. The summed E-state index contributed by atoms with van der Waals surface area (Å²) < 4.78 is 0. The molecular weight excluding hydrogens is 360 g/mol. The van der Waals surface area contributed by atoms with Crippen molar-refractivity contribution in [3.8, 4) is 0 Å². The summed E-state index contributed by atoms with van der Waals surface area (Å²) in [6.07, 6.45) is 3.74. The molecule has 0 aromatic heterocycles. The van der Waals surface area contributed by atoms with Crippen molar-refractivity contribution in [1.29, 1.82) is 0 Å². The van der Waals surface area contributed by atoms with Crippen LogP contribution in [0, 0.1) is 0 Å². The summed E-state index contributed by atoms with van der Waals surface area (Å²) in [5.74, 6) is 0.816. The Balaban J connectivity index is 1.48. The van der Waals surface area contributed by atoms with Crippen molar-refractivity contribution in [1.82, 2.24) is 9.80 Å². The molecule has 1 heterocycles. The fourth-order valence-electron chi connectivity index (χ4n) is 4.02. The first kappa shape index (κ1) is 19.7. The summed E-state index contributed by atoms with van der Waals surface area (Å²) in [4.78, 5) is 29.1. The number of amides is 2. The van der Waals surface area contributed by atoms with Gasteiger partial charge in [-0.05, 0) is 54.0 Å². The van der Waals surface area contributed by atoms with Crippen molar-refractivity contribution >= 4 is 11.8 Å². The van der Waals surface area contributed by atoms with Crippen molar-refractivity contribution in [2.45, 2.75) is 64.6 Å². The van der Waals surface area contributed by atoms with E-state index in [0.717, 1.165) is 36.9 Å². The van der Waals surface area contributed by atoms with Gasteiger partial charge in [0.2, 0.25) is 5.91 Å². The van der Waals surface area contributed by atoms with Crippen LogP contribution in [-0.4, -0.2) is 34.2 Å². The molecule has 0 radical (unpaired) electrons. The lowest BCUT2D eigenvalue weighted by atomic mass is 10.0. The van der Waals surface area contributed by atoms with Crippen molar-refractivity contribution in [3.63, 3.8) is 0 Å². The summed E-state index contributed by atoms with van der Waals surface area (Å²) in [5, 5.41) is 0. The van der Waals surface area contributed by atoms with Crippen LogP contribution in [-0.2, 0) is 17.9 Å². The second-order valence-corrected chi connectivity index (χ2v) is 8.68. The van der Waals surface area contributed by atoms with Gasteiger partial charge in [0.15, 0.2) is 0 Å². The molecule has 2 aliphatic rings. The lowest BCUT2D eigenvalue weighted by Gasteiger charge is -2.23. The van der Waals surface area contributed by atoms with Gasteiger partial charge in [0.25, 0.3) is 5.91 Å². The van der Waals surface area contributed by atoms with E-state index < -0.39 is 0 Å². The molecule has 0 N–H and O–H groups in total. The monoisotopic (exact) mass is 390 g/mol. The molecular formula is C25H30N2O2. The summed E-state index contributed by atoms with van der Waals surface area (Å²) in [6.45, 7) is 6.45. The standard InChI is InChI=1S/C25H30N2O2/c1-18(2)21-10-8-19(9-11-21)17-27(23-12-13-23)25(29)22-6-3-5-20(15-22)16-26-14-4-7-24(26)28/h3,5-6,8-11,15,18,23H,4,7,12-14,16-17H2,1-2H3. The molecule has 2 amide bonds. The van der Waals surface area contributed by atoms with Crippen molar-refractivity contribution < 1.29 is 9.59 Å². The fourth-order valence-corrected chi connectivity index (χ4v) is 4.02. The minimum atomic E-state index is 0.0926. The van der Waals surface area contributed by atoms with Crippen LogP contribution in [0.1, 0.15) is 72.5 Å². The van der Waals surface area contributed by atoms with Crippen LogP contribution < -0.4 is 0 Å². The first-order chi connectivity index (χ1) is 14.0. The maximum atomic E-state index is 13.3. The Morgan fingerprint density at radius 2 is 1.86 bits per heavy atom. The number of likely N-dealkylation sites (tertiary alicyclic amines) is 1. The summed E-state index contributed by atoms with van der Waals surface area (Å²) in [5.41, 5.74) is 4.25. The third-order valence-electron chi connectivity index (χ3n) is 5.97. The largest absolute Gasteiger partial charge is 0.338 e. The van der Waals surface area contributed by atoms with Gasteiger partial charge in [-0.1, -0.05) is 50.2 Å². The van der Waals surface area contributed by atoms with Crippen LogP contribution in [0.15, 0.2) is 48.5 Å². The highest BCUT2D eigenvalue weighted by Crippen LogP contribution is 2.30. The van der Waals surface area contributed by atoms with Crippen LogP contribution in [0.2, 0.25) is 0 Å². The van der Waals surface area contributed by atoms with E-state index in [2.05, 4.69) is 38.1 Å². The molecule has 2 fully saturated rings. The van der Waals surface area contributed by atoms with E-state index >= 15 is 0 Å². The zero-order valence-corrected chi connectivity index (χ0v) is 17.4. The fraction of sp³-hybridized carbons (Fsp3) is 0.440. The van der Waals surface area contributed by atoms with Gasteiger partial charge in [-0.15, -0.1) is 0 Å². The van der Waals surface area contributed by atoms with Gasteiger partial charge >= 0.3 is 0 Å². The number of carbonyl (C=O) groups excluding carboxylic acids is 2. The number of benzene rings is 2. The van der Waals surface area contributed by atoms with Crippen LogP contribution >= 0.6 is 0 Å². The first-order valence-corrected chi connectivity index (χ1v) is 10.8. The summed E-state index contributed by atoms with van der Waals surface area (Å²) >= 11 is 0. The molecule has 0 atom stereocenters. The Kier molecular flexibility index (Phi) is 5.70. The Hall–Kier alpha value is -2.62. The third kappa shape index (κ3) is 4.69. The van der Waals surface area contributed by atoms with Crippen molar-refractivity contribution in [2.75, 3.05) is 6.54 Å². The average Bonchev–Trinajstić information content (AvgIpc) is 3.49. The predicted octanol–water partition coefficient (Wildman–Crippen LogP) is 4.74. The van der Waals surface area contributed by atoms with Gasteiger partial charge < -0.3 is 9.80 Å². The Morgan fingerprint density at radius 3 is 2.48 bits per heavy atom. The number of carbonyl (C=O) groups is 2. The Morgan fingerprint density at radius 1 is 1.10 bits per heavy atom. The maximum absolute atomic E-state index is 13.3. The molecule has 4 heteroatoms. The van der Waals surface area contributed by atoms with E-state index in [4.69, 9.17) is 0 Å². The molecule has 0 spiro atoms. The maximum Gasteiger partial charge on any atom is 0.254 e. The van der Waals surface area contributed by atoms with E-state index in [-0.39, 0.29) is 11.8 Å². The predicted molar refractivity (Wildman–Crippen MR) is 115 cm³/mol. The van der Waals surface area contributed by atoms with E-state index in [1.807, 2.05) is 34.1 Å². The van der Waals surface area contributed by atoms with Gasteiger partial charge in [-0.3, -0.25) is 9.59 Å². The third-order valence-corrected chi connectivity index (χ3v) is 5.97. The van der Waals surface area contributed by atoms with Gasteiger partial charge in [-0.25, -0.2) is 0 Å². The van der Waals surface area contributed by atoms with Crippen molar-refractivity contribution in [3.05, 3.63) is 70.8 Å². The van der Waals surface area contributed by atoms with Gasteiger partial charge in [-0.2, -0.15) is 0 Å². The Labute approximate surface area is 173 Å². The molecule has 2 aromatic rings. The Bertz CT molecular complexity index is 884. The van der Waals surface area contributed by atoms with E-state index in [1.165, 1.54) is 11.1 Å². The molecule has 4 rings (SSSR count). The van der Waals surface area contributed by atoms with Gasteiger partial charge in [0.1, 0.15) is 0 Å². The highest BCUT2D eigenvalue weighted by Gasteiger charge is 2.33. The normalized spacial score (nSPS) is 16.5. The summed E-state index contributed by atoms with van der Waals surface area (Å²) in [7, 11) is 0.